The standard InChI is InChI=1S/C45H43F3N6O3/c1-4-33-35(47)14-11-28-19-32(55)20-34(37(28)33)40-39(48)41-38(36(50-40)15-17-44(2,3)57-25-27-9-6-5-7-10-27)42(53-23-30-12-13-31(24-53)49-30)52-43(51-41)56-26-45-16-8-18-54(45)22-29(46)21-45/h1,5-7,9-11,14,19-20,29-31,49,55H,8,12-13,16,18,21-26H2,2-3H3/t29-,30?,31?,45+/m1/s1. The molecular formula is C45H43F3N6O3. The van der Waals surface area contributed by atoms with E-state index in [0.29, 0.717) is 43.9 Å². The minimum Gasteiger partial charge on any atom is -0.508 e. The van der Waals surface area contributed by atoms with Crippen molar-refractivity contribution in [3.8, 4) is 47.2 Å². The van der Waals surface area contributed by atoms with Gasteiger partial charge in [-0.2, -0.15) is 9.97 Å². The summed E-state index contributed by atoms with van der Waals surface area (Å²) in [5, 5.41) is 15.4. The number of aromatic nitrogens is 3. The summed E-state index contributed by atoms with van der Waals surface area (Å²) in [7, 11) is 0. The summed E-state index contributed by atoms with van der Waals surface area (Å²) in [6, 6.07) is 15.5. The molecule has 9 nitrogen and oxygen atoms in total. The number of benzene rings is 3. The molecule has 2 unspecified atom stereocenters. The van der Waals surface area contributed by atoms with Crippen LogP contribution < -0.4 is 15.0 Å². The fourth-order valence-corrected chi connectivity index (χ4v) is 9.15. The summed E-state index contributed by atoms with van der Waals surface area (Å²) in [6.07, 6.45) is 8.90. The van der Waals surface area contributed by atoms with Crippen LogP contribution in [-0.2, 0) is 11.3 Å². The molecule has 0 saturated carbocycles. The maximum absolute atomic E-state index is 17.6. The van der Waals surface area contributed by atoms with Gasteiger partial charge in [-0.05, 0) is 81.1 Å². The molecule has 12 heteroatoms. The second-order valence-electron chi connectivity index (χ2n) is 16.3. The average molecular weight is 773 g/mol. The number of hydrogen-bond donors (Lipinski definition) is 2. The number of fused-ring (bicyclic) bond motifs is 5. The van der Waals surface area contributed by atoms with Crippen LogP contribution in [0.5, 0.6) is 11.8 Å². The number of alkyl halides is 1. The Balaban J connectivity index is 1.25. The molecule has 4 saturated heterocycles. The van der Waals surface area contributed by atoms with Crippen LogP contribution in [-0.4, -0.2) is 87.1 Å². The minimum absolute atomic E-state index is 0.0514. The number of anilines is 1. The molecule has 9 rings (SSSR count). The van der Waals surface area contributed by atoms with E-state index in [-0.39, 0.29) is 69.3 Å². The Labute approximate surface area is 329 Å². The van der Waals surface area contributed by atoms with E-state index in [9.17, 15) is 9.50 Å². The van der Waals surface area contributed by atoms with E-state index >= 15 is 8.78 Å². The Morgan fingerprint density at radius 3 is 2.58 bits per heavy atom. The van der Waals surface area contributed by atoms with Gasteiger partial charge in [0, 0.05) is 49.1 Å². The highest BCUT2D eigenvalue weighted by molar-refractivity contribution is 6.04. The zero-order valence-corrected chi connectivity index (χ0v) is 31.9. The Hall–Kier alpha value is -5.40. The summed E-state index contributed by atoms with van der Waals surface area (Å²) in [6.45, 7) is 6.48. The van der Waals surface area contributed by atoms with Gasteiger partial charge in [0.15, 0.2) is 5.82 Å². The predicted octanol–water partition coefficient (Wildman–Crippen LogP) is 7.05. The number of phenolic OH excluding ortho intramolecular Hbond substituents is 1. The van der Waals surface area contributed by atoms with Gasteiger partial charge in [-0.25, -0.2) is 18.2 Å². The zero-order chi connectivity index (χ0) is 39.5. The van der Waals surface area contributed by atoms with Gasteiger partial charge in [0.2, 0.25) is 0 Å². The van der Waals surface area contributed by atoms with E-state index in [4.69, 9.17) is 30.8 Å². The van der Waals surface area contributed by atoms with Crippen molar-refractivity contribution in [2.75, 3.05) is 37.7 Å². The third kappa shape index (κ3) is 7.01. The number of piperazine rings is 1. The first-order valence-corrected chi connectivity index (χ1v) is 19.6. The van der Waals surface area contributed by atoms with Gasteiger partial charge in [0.25, 0.3) is 0 Å². The lowest BCUT2D eigenvalue weighted by Crippen LogP contribution is -2.51. The Kier molecular flexibility index (Phi) is 9.47. The second kappa shape index (κ2) is 14.5. The normalized spacial score (nSPS) is 23.1. The first-order valence-electron chi connectivity index (χ1n) is 19.6. The first-order chi connectivity index (χ1) is 27.5. The van der Waals surface area contributed by atoms with Crippen LogP contribution in [0.3, 0.4) is 0 Å². The average Bonchev–Trinajstić information content (AvgIpc) is 3.85. The van der Waals surface area contributed by atoms with Crippen LogP contribution in [0.2, 0.25) is 0 Å². The highest BCUT2D eigenvalue weighted by atomic mass is 19.1. The fraction of sp³-hybridized carbons (Fsp3) is 0.400. The number of aromatic hydroxyl groups is 1. The number of nitrogens with one attached hydrogen (secondary N) is 1. The maximum atomic E-state index is 17.6. The molecule has 2 aromatic heterocycles. The molecule has 4 fully saturated rings. The van der Waals surface area contributed by atoms with Crippen LogP contribution in [0.1, 0.15) is 62.8 Å². The van der Waals surface area contributed by atoms with Crippen LogP contribution in [0.25, 0.3) is 32.9 Å². The predicted molar refractivity (Wildman–Crippen MR) is 213 cm³/mol. The van der Waals surface area contributed by atoms with Crippen molar-refractivity contribution in [2.45, 2.75) is 82.0 Å². The van der Waals surface area contributed by atoms with Crippen molar-refractivity contribution in [1.82, 2.24) is 25.2 Å². The number of halogens is 3. The smallest absolute Gasteiger partial charge is 0.319 e. The third-order valence-corrected chi connectivity index (χ3v) is 11.9. The van der Waals surface area contributed by atoms with Gasteiger partial charge < -0.3 is 24.8 Å². The van der Waals surface area contributed by atoms with E-state index in [1.54, 1.807) is 0 Å². The molecule has 5 aromatic rings. The van der Waals surface area contributed by atoms with Crippen LogP contribution >= 0.6 is 0 Å². The lowest BCUT2D eigenvalue weighted by Gasteiger charge is -2.35. The van der Waals surface area contributed by atoms with Gasteiger partial charge in [-0.3, -0.25) is 4.90 Å². The molecule has 0 amide bonds. The molecule has 2 N–H and O–H groups in total. The highest BCUT2D eigenvalue weighted by Crippen LogP contribution is 2.43. The quantitative estimate of drug-likeness (QED) is 0.161. The molecule has 3 aromatic carbocycles. The summed E-state index contributed by atoms with van der Waals surface area (Å²) in [4.78, 5) is 18.8. The molecule has 0 radical (unpaired) electrons. The number of phenols is 1. The van der Waals surface area contributed by atoms with Crippen molar-refractivity contribution < 1.29 is 27.8 Å². The molecule has 6 heterocycles. The first kappa shape index (κ1) is 37.2. The van der Waals surface area contributed by atoms with Crippen molar-refractivity contribution >= 4 is 27.5 Å². The Morgan fingerprint density at radius 1 is 1.02 bits per heavy atom. The van der Waals surface area contributed by atoms with Gasteiger partial charge in [-0.15, -0.1) is 6.42 Å². The summed E-state index contributed by atoms with van der Waals surface area (Å²) in [5.41, 5.74) is -0.695. The van der Waals surface area contributed by atoms with Crippen molar-refractivity contribution in [3.63, 3.8) is 0 Å². The van der Waals surface area contributed by atoms with Gasteiger partial charge in [0.05, 0.1) is 23.1 Å². The van der Waals surface area contributed by atoms with Crippen LogP contribution in [0, 0.1) is 35.8 Å². The topological polar surface area (TPSA) is 95.9 Å². The Bertz CT molecular complexity index is 2490. The van der Waals surface area contributed by atoms with E-state index in [2.05, 4.69) is 32.9 Å². The second-order valence-corrected chi connectivity index (χ2v) is 16.3. The number of hydrogen-bond acceptors (Lipinski definition) is 9. The highest BCUT2D eigenvalue weighted by Gasteiger charge is 2.49. The molecule has 4 aliphatic heterocycles. The maximum Gasteiger partial charge on any atom is 0.319 e. The number of nitrogens with zero attached hydrogens (tertiary/aromatic N) is 5. The monoisotopic (exact) mass is 772 g/mol. The van der Waals surface area contributed by atoms with E-state index in [1.807, 2.05) is 44.2 Å². The number of rotatable bonds is 8. The SMILES string of the molecule is C#Cc1c(F)ccc2cc(O)cc(-c3nc(C#CC(C)(C)OCc4ccccc4)c4c(N5CC6CCC(C5)N6)nc(OC[C@@]56CCCN5C[C@H](F)C6)nc4c3F)c12. The zero-order valence-electron chi connectivity index (χ0n) is 31.9. The minimum atomic E-state index is -0.976. The molecule has 4 aliphatic rings. The third-order valence-electron chi connectivity index (χ3n) is 11.9. The fourth-order valence-electron chi connectivity index (χ4n) is 9.15. The molecule has 57 heavy (non-hydrogen) atoms. The van der Waals surface area contributed by atoms with Gasteiger partial charge in [-0.1, -0.05) is 48.2 Å². The lowest BCUT2D eigenvalue weighted by molar-refractivity contribution is 0.0144. The van der Waals surface area contributed by atoms with Crippen molar-refractivity contribution in [2.24, 2.45) is 0 Å². The van der Waals surface area contributed by atoms with E-state index < -0.39 is 28.9 Å². The molecule has 2 bridgehead atoms. The summed E-state index contributed by atoms with van der Waals surface area (Å²) < 4.78 is 60.3. The molecule has 292 valence electrons. The largest absolute Gasteiger partial charge is 0.508 e. The number of ether oxygens (including phenoxy) is 2. The molecule has 0 spiro atoms. The molecular weight excluding hydrogens is 730 g/mol. The molecule has 4 atom stereocenters. The van der Waals surface area contributed by atoms with Crippen molar-refractivity contribution in [1.29, 1.82) is 0 Å². The number of terminal acetylenes is 1. The van der Waals surface area contributed by atoms with Crippen molar-refractivity contribution in [3.05, 3.63) is 83.1 Å². The molecule has 0 aliphatic carbocycles. The lowest BCUT2D eigenvalue weighted by atomic mass is 9.95. The van der Waals surface area contributed by atoms with E-state index in [1.165, 1.54) is 24.3 Å². The van der Waals surface area contributed by atoms with Gasteiger partial charge >= 0.3 is 6.01 Å². The van der Waals surface area contributed by atoms with Crippen LogP contribution in [0.15, 0.2) is 54.6 Å². The summed E-state index contributed by atoms with van der Waals surface area (Å²) in [5.74, 6) is 7.56. The number of pyridine rings is 1. The Morgan fingerprint density at radius 2 is 1.81 bits per heavy atom. The van der Waals surface area contributed by atoms with Gasteiger partial charge in [0.1, 0.15) is 52.7 Å². The summed E-state index contributed by atoms with van der Waals surface area (Å²) >= 11 is 0. The van der Waals surface area contributed by atoms with E-state index in [0.717, 1.165) is 37.8 Å². The van der Waals surface area contributed by atoms with Crippen LogP contribution in [0.4, 0.5) is 19.0 Å².